The van der Waals surface area contributed by atoms with Crippen LogP contribution in [0.5, 0.6) is 0 Å². The molecule has 1 rings (SSSR count). The fraction of sp³-hybridized carbons (Fsp3) is 0.455. The van der Waals surface area contributed by atoms with Gasteiger partial charge in [0.15, 0.2) is 0 Å². The highest BCUT2D eigenvalue weighted by Crippen LogP contribution is 2.06. The van der Waals surface area contributed by atoms with Crippen LogP contribution in [0.1, 0.15) is 12.6 Å². The predicted octanol–water partition coefficient (Wildman–Crippen LogP) is 1.28. The van der Waals surface area contributed by atoms with E-state index in [1.807, 2.05) is 32.0 Å². The minimum atomic E-state index is -0.255. The van der Waals surface area contributed by atoms with Crippen LogP contribution in [0.15, 0.2) is 18.2 Å². The molecule has 0 aliphatic carbocycles. The Morgan fingerprint density at radius 3 is 2.67 bits per heavy atom. The Kier molecular flexibility index (Phi) is 3.66. The minimum Gasteiger partial charge on any atom is -0.359 e. The third-order valence-corrected chi connectivity index (χ3v) is 2.06. The first kappa shape index (κ1) is 11.5. The molecule has 4 heteroatoms. The van der Waals surface area contributed by atoms with E-state index >= 15 is 0 Å². The summed E-state index contributed by atoms with van der Waals surface area (Å²) in [7, 11) is 3.48. The van der Waals surface area contributed by atoms with E-state index in [1.165, 1.54) is 0 Å². The van der Waals surface area contributed by atoms with Gasteiger partial charge >= 0.3 is 0 Å². The van der Waals surface area contributed by atoms with Crippen molar-refractivity contribution in [2.75, 3.05) is 19.4 Å². The molecule has 0 bridgehead atoms. The Bertz CT molecular complexity index is 349. The zero-order chi connectivity index (χ0) is 11.4. The number of pyridine rings is 1. The second-order valence-corrected chi connectivity index (χ2v) is 3.76. The molecule has 1 aromatic rings. The summed E-state index contributed by atoms with van der Waals surface area (Å²) in [6.07, 6.45) is 0. The molecule has 0 aromatic carbocycles. The number of carbonyl (C=O) groups is 1. The van der Waals surface area contributed by atoms with Crippen LogP contribution in [0.3, 0.4) is 0 Å². The maximum absolute atomic E-state index is 11.6. The van der Waals surface area contributed by atoms with E-state index in [2.05, 4.69) is 10.3 Å². The van der Waals surface area contributed by atoms with Gasteiger partial charge in [-0.25, -0.2) is 4.98 Å². The molecule has 0 radical (unpaired) electrons. The molecule has 1 amide bonds. The van der Waals surface area contributed by atoms with Gasteiger partial charge < -0.3 is 10.2 Å². The number of hydrogen-bond acceptors (Lipinski definition) is 3. The van der Waals surface area contributed by atoms with Crippen LogP contribution in [-0.4, -0.2) is 35.9 Å². The number of aromatic nitrogens is 1. The van der Waals surface area contributed by atoms with Crippen molar-refractivity contribution in [1.82, 2.24) is 9.88 Å². The van der Waals surface area contributed by atoms with Gasteiger partial charge in [0.05, 0.1) is 0 Å². The second kappa shape index (κ2) is 4.77. The Balaban J connectivity index is 2.66. The average molecular weight is 207 g/mol. The van der Waals surface area contributed by atoms with Gasteiger partial charge in [-0.2, -0.15) is 0 Å². The van der Waals surface area contributed by atoms with Crippen molar-refractivity contribution in [3.05, 3.63) is 23.9 Å². The number of hydrogen-bond donors (Lipinski definition) is 1. The van der Waals surface area contributed by atoms with E-state index in [-0.39, 0.29) is 11.9 Å². The highest BCUT2D eigenvalue weighted by Gasteiger charge is 2.14. The maximum atomic E-state index is 11.6. The largest absolute Gasteiger partial charge is 0.359 e. The number of anilines is 1. The number of nitrogens with one attached hydrogen (secondary N) is 1. The van der Waals surface area contributed by atoms with Gasteiger partial charge in [-0.1, -0.05) is 6.07 Å². The summed E-state index contributed by atoms with van der Waals surface area (Å²) >= 11 is 0. The molecule has 0 saturated carbocycles. The summed E-state index contributed by atoms with van der Waals surface area (Å²) in [6, 6.07) is 5.43. The molecule has 0 saturated heterocycles. The monoisotopic (exact) mass is 207 g/mol. The SMILES string of the molecule is Cc1cccc(N[C@@H](C)C(=O)N(C)C)n1. The van der Waals surface area contributed by atoms with Crippen LogP contribution in [0, 0.1) is 6.92 Å². The number of aryl methyl sites for hydroxylation is 1. The number of carbonyl (C=O) groups excluding carboxylic acids is 1. The molecule has 1 aromatic heterocycles. The molecule has 1 heterocycles. The van der Waals surface area contributed by atoms with E-state index in [9.17, 15) is 4.79 Å². The molecule has 82 valence electrons. The first-order chi connectivity index (χ1) is 7.00. The molecule has 0 unspecified atom stereocenters. The average Bonchev–Trinajstić information content (AvgIpc) is 2.16. The molecule has 0 aliphatic heterocycles. The highest BCUT2D eigenvalue weighted by molar-refractivity contribution is 5.83. The van der Waals surface area contributed by atoms with Crippen LogP contribution >= 0.6 is 0 Å². The van der Waals surface area contributed by atoms with Gasteiger partial charge in [-0.05, 0) is 26.0 Å². The lowest BCUT2D eigenvalue weighted by Crippen LogP contribution is -2.36. The molecular weight excluding hydrogens is 190 g/mol. The lowest BCUT2D eigenvalue weighted by molar-refractivity contribution is -0.129. The quantitative estimate of drug-likeness (QED) is 0.812. The Morgan fingerprint density at radius 2 is 2.13 bits per heavy atom. The molecule has 1 N–H and O–H groups in total. The third kappa shape index (κ3) is 3.23. The van der Waals surface area contributed by atoms with E-state index in [1.54, 1.807) is 19.0 Å². The van der Waals surface area contributed by atoms with Gasteiger partial charge in [0.1, 0.15) is 11.9 Å². The van der Waals surface area contributed by atoms with Gasteiger partial charge in [-0.3, -0.25) is 4.79 Å². The van der Waals surface area contributed by atoms with E-state index in [0.29, 0.717) is 0 Å². The number of amides is 1. The second-order valence-electron chi connectivity index (χ2n) is 3.76. The summed E-state index contributed by atoms with van der Waals surface area (Å²) in [5.41, 5.74) is 0.935. The lowest BCUT2D eigenvalue weighted by atomic mass is 10.3. The fourth-order valence-corrected chi connectivity index (χ4v) is 1.29. The summed E-state index contributed by atoms with van der Waals surface area (Å²) in [5, 5.41) is 3.06. The topological polar surface area (TPSA) is 45.2 Å². The van der Waals surface area contributed by atoms with E-state index < -0.39 is 0 Å². The summed E-state index contributed by atoms with van der Waals surface area (Å²) in [5.74, 6) is 0.774. The normalized spacial score (nSPS) is 12.0. The molecule has 0 aliphatic rings. The standard InChI is InChI=1S/C11H17N3O/c1-8-6-5-7-10(12-8)13-9(2)11(15)14(3)4/h5-7,9H,1-4H3,(H,12,13)/t9-/m0/s1. The minimum absolute atomic E-state index is 0.0401. The van der Waals surface area contributed by atoms with Crippen LogP contribution in [-0.2, 0) is 4.79 Å². The van der Waals surface area contributed by atoms with Gasteiger partial charge in [0.2, 0.25) is 5.91 Å². The molecule has 4 nitrogen and oxygen atoms in total. The molecular formula is C11H17N3O. The van der Waals surface area contributed by atoms with Crippen LogP contribution in [0.25, 0.3) is 0 Å². The van der Waals surface area contributed by atoms with Crippen molar-refractivity contribution in [3.63, 3.8) is 0 Å². The Labute approximate surface area is 90.3 Å². The highest BCUT2D eigenvalue weighted by atomic mass is 16.2. The fourth-order valence-electron chi connectivity index (χ4n) is 1.29. The van der Waals surface area contributed by atoms with E-state index in [4.69, 9.17) is 0 Å². The molecule has 0 fully saturated rings. The predicted molar refractivity (Wildman–Crippen MR) is 60.8 cm³/mol. The van der Waals surface area contributed by atoms with Crippen LogP contribution in [0.4, 0.5) is 5.82 Å². The molecule has 1 atom stereocenters. The number of likely N-dealkylation sites (N-methyl/N-ethyl adjacent to an activating group) is 1. The van der Waals surface area contributed by atoms with Crippen molar-refractivity contribution in [2.24, 2.45) is 0 Å². The summed E-state index contributed by atoms with van der Waals surface area (Å²) in [6.45, 7) is 3.75. The van der Waals surface area contributed by atoms with Crippen molar-refractivity contribution in [2.45, 2.75) is 19.9 Å². The summed E-state index contributed by atoms with van der Waals surface area (Å²) < 4.78 is 0. The smallest absolute Gasteiger partial charge is 0.244 e. The lowest BCUT2D eigenvalue weighted by Gasteiger charge is -2.18. The number of rotatable bonds is 3. The van der Waals surface area contributed by atoms with Crippen LogP contribution in [0.2, 0.25) is 0 Å². The third-order valence-electron chi connectivity index (χ3n) is 2.06. The van der Waals surface area contributed by atoms with Gasteiger partial charge in [0.25, 0.3) is 0 Å². The Hall–Kier alpha value is -1.58. The van der Waals surface area contributed by atoms with Crippen molar-refractivity contribution in [3.8, 4) is 0 Å². The maximum Gasteiger partial charge on any atom is 0.244 e. The zero-order valence-electron chi connectivity index (χ0n) is 9.61. The Morgan fingerprint density at radius 1 is 1.47 bits per heavy atom. The van der Waals surface area contributed by atoms with E-state index in [0.717, 1.165) is 11.5 Å². The molecule has 15 heavy (non-hydrogen) atoms. The first-order valence-electron chi connectivity index (χ1n) is 4.92. The van der Waals surface area contributed by atoms with Crippen molar-refractivity contribution in [1.29, 1.82) is 0 Å². The van der Waals surface area contributed by atoms with Gasteiger partial charge in [-0.15, -0.1) is 0 Å². The van der Waals surface area contributed by atoms with Crippen molar-refractivity contribution < 1.29 is 4.79 Å². The number of nitrogens with zero attached hydrogens (tertiary/aromatic N) is 2. The zero-order valence-corrected chi connectivity index (χ0v) is 9.61. The first-order valence-corrected chi connectivity index (χ1v) is 4.92. The van der Waals surface area contributed by atoms with Crippen LogP contribution < -0.4 is 5.32 Å². The van der Waals surface area contributed by atoms with Crippen molar-refractivity contribution >= 4 is 11.7 Å². The summed E-state index contributed by atoms with van der Waals surface area (Å²) in [4.78, 5) is 17.4. The van der Waals surface area contributed by atoms with Gasteiger partial charge in [0, 0.05) is 19.8 Å². The molecule has 0 spiro atoms.